The molecule has 0 radical (unpaired) electrons. The number of amides is 2. The molecule has 1 rings (SSSR count). The van der Waals surface area contributed by atoms with Crippen molar-refractivity contribution >= 4 is 11.8 Å². The highest BCUT2D eigenvalue weighted by atomic mass is 16.3. The van der Waals surface area contributed by atoms with Gasteiger partial charge in [0.15, 0.2) is 5.69 Å². The maximum atomic E-state index is 11.5. The number of nitrogens with one attached hydrogen (secondary N) is 2. The minimum atomic E-state index is -0.498. The van der Waals surface area contributed by atoms with Crippen molar-refractivity contribution in [3.8, 4) is 5.75 Å². The third kappa shape index (κ3) is 3.23. The lowest BCUT2D eigenvalue weighted by Gasteiger charge is -2.04. The number of carbonyl (C=O) groups is 2. The van der Waals surface area contributed by atoms with Gasteiger partial charge < -0.3 is 15.7 Å². The fourth-order valence-electron chi connectivity index (χ4n) is 1.07. The molecule has 0 unspecified atom stereocenters. The highest BCUT2D eigenvalue weighted by molar-refractivity contribution is 5.94. The van der Waals surface area contributed by atoms with E-state index in [-0.39, 0.29) is 30.3 Å². The summed E-state index contributed by atoms with van der Waals surface area (Å²) in [6.45, 7) is 0.203. The van der Waals surface area contributed by atoms with Crippen LogP contribution in [0.3, 0.4) is 0 Å². The van der Waals surface area contributed by atoms with Crippen LogP contribution in [0.4, 0.5) is 0 Å². The van der Waals surface area contributed by atoms with Gasteiger partial charge in [-0.25, -0.2) is 4.98 Å². The molecule has 0 saturated carbocycles. The van der Waals surface area contributed by atoms with Crippen molar-refractivity contribution in [3.63, 3.8) is 0 Å². The Labute approximate surface area is 92.7 Å². The topological polar surface area (TPSA) is 91.3 Å². The molecule has 0 aliphatic heterocycles. The molecule has 0 aliphatic rings. The quantitative estimate of drug-likeness (QED) is 0.650. The minimum Gasteiger partial charge on any atom is -0.505 e. The van der Waals surface area contributed by atoms with E-state index in [0.717, 1.165) is 0 Å². The van der Waals surface area contributed by atoms with Crippen molar-refractivity contribution in [3.05, 3.63) is 24.0 Å². The summed E-state index contributed by atoms with van der Waals surface area (Å²) in [5.41, 5.74) is -0.0422. The van der Waals surface area contributed by atoms with Gasteiger partial charge in [0.1, 0.15) is 5.75 Å². The molecule has 6 nitrogen and oxygen atoms in total. The van der Waals surface area contributed by atoms with Crippen LogP contribution in [0.2, 0.25) is 0 Å². The van der Waals surface area contributed by atoms with Gasteiger partial charge in [0, 0.05) is 26.2 Å². The predicted octanol–water partition coefficient (Wildman–Crippen LogP) is -0.347. The van der Waals surface area contributed by atoms with Gasteiger partial charge in [0.25, 0.3) is 5.91 Å². The molecular weight excluding hydrogens is 210 g/mol. The number of hydrogen-bond donors (Lipinski definition) is 3. The lowest BCUT2D eigenvalue weighted by atomic mass is 10.3. The summed E-state index contributed by atoms with van der Waals surface area (Å²) in [6.07, 6.45) is 1.60. The van der Waals surface area contributed by atoms with E-state index in [9.17, 15) is 14.7 Å². The van der Waals surface area contributed by atoms with Gasteiger partial charge in [-0.2, -0.15) is 0 Å². The first kappa shape index (κ1) is 12.0. The molecule has 1 heterocycles. The average Bonchev–Trinajstić information content (AvgIpc) is 2.29. The van der Waals surface area contributed by atoms with Crippen molar-refractivity contribution in [2.45, 2.75) is 6.42 Å². The summed E-state index contributed by atoms with van der Waals surface area (Å²) in [6, 6.07) is 2.90. The number of carbonyl (C=O) groups excluding carboxylic acids is 2. The van der Waals surface area contributed by atoms with Crippen LogP contribution in [-0.2, 0) is 4.79 Å². The number of pyridine rings is 1. The van der Waals surface area contributed by atoms with Crippen LogP contribution in [0.15, 0.2) is 18.3 Å². The van der Waals surface area contributed by atoms with Gasteiger partial charge in [-0.3, -0.25) is 9.59 Å². The molecule has 0 bridgehead atoms. The Bertz CT molecular complexity index is 393. The molecule has 1 aromatic heterocycles. The first-order valence-corrected chi connectivity index (χ1v) is 4.78. The molecule has 86 valence electrons. The van der Waals surface area contributed by atoms with Gasteiger partial charge in [0.2, 0.25) is 5.91 Å². The monoisotopic (exact) mass is 223 g/mol. The first-order valence-electron chi connectivity index (χ1n) is 4.78. The molecule has 6 heteroatoms. The largest absolute Gasteiger partial charge is 0.505 e. The summed E-state index contributed by atoms with van der Waals surface area (Å²) >= 11 is 0. The molecule has 0 saturated heterocycles. The molecule has 0 aromatic carbocycles. The van der Waals surface area contributed by atoms with Crippen LogP contribution in [0.5, 0.6) is 5.75 Å². The van der Waals surface area contributed by atoms with Crippen molar-refractivity contribution in [1.82, 2.24) is 15.6 Å². The molecular formula is C10H13N3O3. The van der Waals surface area contributed by atoms with Gasteiger partial charge in [-0.05, 0) is 12.1 Å². The average molecular weight is 223 g/mol. The zero-order valence-corrected chi connectivity index (χ0v) is 8.86. The van der Waals surface area contributed by atoms with Crippen LogP contribution in [0, 0.1) is 0 Å². The van der Waals surface area contributed by atoms with E-state index in [1.54, 1.807) is 0 Å². The molecule has 16 heavy (non-hydrogen) atoms. The number of aromatic nitrogens is 1. The van der Waals surface area contributed by atoms with Crippen molar-refractivity contribution in [2.24, 2.45) is 0 Å². The summed E-state index contributed by atoms with van der Waals surface area (Å²) < 4.78 is 0. The van der Waals surface area contributed by atoms with Crippen molar-refractivity contribution in [2.75, 3.05) is 13.6 Å². The molecule has 0 atom stereocenters. The summed E-state index contributed by atoms with van der Waals surface area (Å²) in [5.74, 6) is -0.840. The van der Waals surface area contributed by atoms with Gasteiger partial charge in [-0.1, -0.05) is 0 Å². The smallest absolute Gasteiger partial charge is 0.273 e. The van der Waals surface area contributed by atoms with Crippen LogP contribution >= 0.6 is 0 Å². The van der Waals surface area contributed by atoms with Crippen molar-refractivity contribution < 1.29 is 14.7 Å². The van der Waals surface area contributed by atoms with Crippen LogP contribution in [-0.4, -0.2) is 35.5 Å². The molecule has 0 spiro atoms. The Morgan fingerprint density at radius 2 is 2.25 bits per heavy atom. The van der Waals surface area contributed by atoms with E-state index >= 15 is 0 Å². The third-order valence-electron chi connectivity index (χ3n) is 1.92. The van der Waals surface area contributed by atoms with E-state index in [2.05, 4.69) is 15.6 Å². The summed E-state index contributed by atoms with van der Waals surface area (Å²) in [4.78, 5) is 26.1. The lowest BCUT2D eigenvalue weighted by Crippen LogP contribution is -2.29. The Balaban J connectivity index is 2.47. The Morgan fingerprint density at radius 3 is 2.88 bits per heavy atom. The summed E-state index contributed by atoms with van der Waals surface area (Å²) in [5, 5.41) is 14.3. The fraction of sp³-hybridized carbons (Fsp3) is 0.300. The van der Waals surface area contributed by atoms with E-state index < -0.39 is 5.91 Å². The highest BCUT2D eigenvalue weighted by Gasteiger charge is 2.11. The Morgan fingerprint density at radius 1 is 1.50 bits per heavy atom. The Hall–Kier alpha value is -2.11. The van der Waals surface area contributed by atoms with E-state index in [1.807, 2.05) is 0 Å². The number of rotatable bonds is 4. The summed E-state index contributed by atoms with van der Waals surface area (Å²) in [7, 11) is 1.52. The normalized spacial score (nSPS) is 9.56. The van der Waals surface area contributed by atoms with Gasteiger partial charge in [0.05, 0.1) is 0 Å². The second-order valence-corrected chi connectivity index (χ2v) is 3.05. The third-order valence-corrected chi connectivity index (χ3v) is 1.92. The van der Waals surface area contributed by atoms with Gasteiger partial charge >= 0.3 is 0 Å². The maximum absolute atomic E-state index is 11.5. The fourth-order valence-corrected chi connectivity index (χ4v) is 1.07. The SMILES string of the molecule is CNC(=O)CCNC(=O)c1ncccc1O. The second kappa shape index (κ2) is 5.69. The van der Waals surface area contributed by atoms with Crippen molar-refractivity contribution in [1.29, 1.82) is 0 Å². The lowest BCUT2D eigenvalue weighted by molar-refractivity contribution is -0.120. The zero-order valence-electron chi connectivity index (χ0n) is 8.86. The van der Waals surface area contributed by atoms with Crippen LogP contribution in [0.25, 0.3) is 0 Å². The maximum Gasteiger partial charge on any atom is 0.273 e. The Kier molecular flexibility index (Phi) is 4.26. The van der Waals surface area contributed by atoms with E-state index in [4.69, 9.17) is 0 Å². The second-order valence-electron chi connectivity index (χ2n) is 3.05. The standard InChI is InChI=1S/C10H13N3O3/c1-11-8(15)4-6-13-10(16)9-7(14)3-2-5-12-9/h2-3,5,14H,4,6H2,1H3,(H,11,15)(H,13,16). The van der Waals surface area contributed by atoms with E-state index in [1.165, 1.54) is 25.4 Å². The van der Waals surface area contributed by atoms with Gasteiger partial charge in [-0.15, -0.1) is 0 Å². The number of hydrogen-bond acceptors (Lipinski definition) is 4. The number of aromatic hydroxyl groups is 1. The first-order chi connectivity index (χ1) is 7.65. The highest BCUT2D eigenvalue weighted by Crippen LogP contribution is 2.11. The molecule has 3 N–H and O–H groups in total. The minimum absolute atomic E-state index is 0.0422. The zero-order chi connectivity index (χ0) is 12.0. The molecule has 2 amide bonds. The van der Waals surface area contributed by atoms with Crippen LogP contribution in [0.1, 0.15) is 16.9 Å². The number of nitrogens with zero attached hydrogens (tertiary/aromatic N) is 1. The molecule has 1 aromatic rings. The van der Waals surface area contributed by atoms with E-state index in [0.29, 0.717) is 0 Å². The molecule has 0 fully saturated rings. The van der Waals surface area contributed by atoms with Crippen LogP contribution < -0.4 is 10.6 Å². The predicted molar refractivity (Wildman–Crippen MR) is 56.9 cm³/mol. The molecule has 0 aliphatic carbocycles.